The first-order chi connectivity index (χ1) is 30.6. The summed E-state index contributed by atoms with van der Waals surface area (Å²) < 4.78 is 12.1. The molecule has 332 valence electrons. The summed E-state index contributed by atoms with van der Waals surface area (Å²) in [6, 6.07) is 17.6. The van der Waals surface area contributed by atoms with Crippen molar-refractivity contribution in [3.05, 3.63) is 122 Å². The van der Waals surface area contributed by atoms with Gasteiger partial charge >= 0.3 is 5.97 Å². The van der Waals surface area contributed by atoms with Crippen LogP contribution in [0.1, 0.15) is 79.7 Å². The molecule has 1 amide bonds. The second-order valence-corrected chi connectivity index (χ2v) is 18.5. The van der Waals surface area contributed by atoms with Crippen molar-refractivity contribution in [2.45, 2.75) is 67.0 Å². The minimum Gasteiger partial charge on any atom is -0.494 e. The number of nitrogens with zero attached hydrogens (tertiary/aromatic N) is 8. The largest absolute Gasteiger partial charge is 0.494 e. The van der Waals surface area contributed by atoms with Gasteiger partial charge in [0.15, 0.2) is 5.69 Å². The highest BCUT2D eigenvalue weighted by Gasteiger charge is 2.40. The SMILES string of the molecule is Cc1ccc2c(c1)c(N1C[C@@H](C)n3c(c(CCCOc4cc(C)c(Cl)c(C)c4)c4ccc(Cl)c(-c5c(C)nn(C)c5C)c43)C1=O)c(C(=O)O)n2Cc1cc(N2CCN(C)CC2)ccn1. The van der Waals surface area contributed by atoms with Crippen molar-refractivity contribution in [2.75, 3.05) is 56.2 Å². The maximum Gasteiger partial charge on any atom is 0.354 e. The van der Waals surface area contributed by atoms with Gasteiger partial charge in [0.1, 0.15) is 11.4 Å². The molecule has 0 radical (unpaired) electrons. The number of aromatic nitrogens is 5. The minimum atomic E-state index is -1.12. The van der Waals surface area contributed by atoms with E-state index in [0.29, 0.717) is 41.2 Å². The third-order valence-corrected chi connectivity index (χ3v) is 14.1. The summed E-state index contributed by atoms with van der Waals surface area (Å²) in [5.74, 6) is -0.647. The number of aryl methyl sites for hydroxylation is 6. The molecule has 1 saturated heterocycles. The summed E-state index contributed by atoms with van der Waals surface area (Å²) in [4.78, 5) is 40.5. The lowest BCUT2D eigenvalue weighted by atomic mass is 9.98. The lowest BCUT2D eigenvalue weighted by Gasteiger charge is -2.34. The van der Waals surface area contributed by atoms with E-state index in [9.17, 15) is 9.90 Å². The van der Waals surface area contributed by atoms with Crippen LogP contribution in [-0.4, -0.2) is 92.2 Å². The van der Waals surface area contributed by atoms with E-state index in [4.69, 9.17) is 38.0 Å². The van der Waals surface area contributed by atoms with E-state index >= 15 is 4.79 Å². The molecule has 0 bridgehead atoms. The van der Waals surface area contributed by atoms with Crippen molar-refractivity contribution >= 4 is 68.3 Å². The number of amides is 1. The van der Waals surface area contributed by atoms with Crippen molar-refractivity contribution in [1.29, 1.82) is 0 Å². The smallest absolute Gasteiger partial charge is 0.354 e. The summed E-state index contributed by atoms with van der Waals surface area (Å²) in [6.07, 6.45) is 2.93. The average molecular weight is 902 g/mol. The van der Waals surface area contributed by atoms with E-state index in [0.717, 1.165) is 110 Å². The number of anilines is 2. The Labute approximate surface area is 383 Å². The molecule has 7 aromatic rings. The maximum atomic E-state index is 15.7. The van der Waals surface area contributed by atoms with Gasteiger partial charge < -0.3 is 33.7 Å². The molecule has 1 fully saturated rings. The number of aromatic carboxylic acids is 1. The Kier molecular flexibility index (Phi) is 11.5. The van der Waals surface area contributed by atoms with E-state index in [1.807, 2.05) is 99.4 Å². The zero-order valence-electron chi connectivity index (χ0n) is 37.7. The van der Waals surface area contributed by atoms with E-state index in [1.54, 1.807) is 11.1 Å². The molecule has 0 unspecified atom stereocenters. The fourth-order valence-electron chi connectivity index (χ4n) is 10.0. The lowest BCUT2D eigenvalue weighted by Crippen LogP contribution is -2.44. The van der Waals surface area contributed by atoms with Gasteiger partial charge in [-0.05, 0) is 121 Å². The maximum absolute atomic E-state index is 15.7. The second-order valence-electron chi connectivity index (χ2n) is 17.7. The molecule has 1 atom stereocenters. The number of pyridine rings is 1. The average Bonchev–Trinajstić information content (AvgIpc) is 3.85. The number of benzene rings is 3. The minimum absolute atomic E-state index is 0.0476. The Morgan fingerprint density at radius 2 is 1.64 bits per heavy atom. The zero-order valence-corrected chi connectivity index (χ0v) is 39.2. The van der Waals surface area contributed by atoms with Crippen LogP contribution in [0.5, 0.6) is 5.75 Å². The molecule has 1 N–H and O–H groups in total. The van der Waals surface area contributed by atoms with Crippen LogP contribution in [-0.2, 0) is 20.0 Å². The van der Waals surface area contributed by atoms with E-state index in [1.165, 1.54) is 0 Å². The van der Waals surface area contributed by atoms with Gasteiger partial charge in [-0.25, -0.2) is 4.79 Å². The highest BCUT2D eigenvalue weighted by molar-refractivity contribution is 6.35. The van der Waals surface area contributed by atoms with Gasteiger partial charge in [-0.2, -0.15) is 5.10 Å². The number of piperazine rings is 1. The first-order valence-electron chi connectivity index (χ1n) is 21.9. The van der Waals surface area contributed by atoms with Gasteiger partial charge in [-0.15, -0.1) is 0 Å². The van der Waals surface area contributed by atoms with Crippen LogP contribution in [0.3, 0.4) is 0 Å². The first-order valence-corrected chi connectivity index (χ1v) is 22.7. The molecule has 64 heavy (non-hydrogen) atoms. The molecule has 2 aliphatic heterocycles. The Bertz CT molecular complexity index is 2990. The van der Waals surface area contributed by atoms with Crippen molar-refractivity contribution in [3.8, 4) is 16.9 Å². The van der Waals surface area contributed by atoms with Crippen LogP contribution in [0.15, 0.2) is 60.8 Å². The molecule has 0 aliphatic carbocycles. The normalized spacial score (nSPS) is 15.8. The molecule has 0 saturated carbocycles. The monoisotopic (exact) mass is 900 g/mol. The van der Waals surface area contributed by atoms with E-state index in [-0.39, 0.29) is 30.7 Å². The molecule has 6 heterocycles. The standard InChI is InChI=1S/C50H54Cl2N8O4/c1-28-11-14-41-39(22-28)46(48(50(62)63)58(41)27-34-25-35(15-16-53-34)57-19-17-55(7)18-20-57)59-26-31(4)60-45-38(12-13-40(51)43(45)42-32(5)54-56(8)33(42)6)37(47(60)49(59)61)10-9-21-64-36-23-29(2)44(52)30(3)24-36/h11-16,22-25,31H,9-10,17-21,26-27H2,1-8H3,(H,62,63)/t31-/m1/s1. The number of halogens is 2. The highest BCUT2D eigenvalue weighted by Crippen LogP contribution is 2.46. The fourth-order valence-corrected chi connectivity index (χ4v) is 10.4. The summed E-state index contributed by atoms with van der Waals surface area (Å²) in [7, 11) is 4.05. The van der Waals surface area contributed by atoms with Crippen LogP contribution in [0.25, 0.3) is 32.9 Å². The number of ether oxygens (including phenoxy) is 1. The number of fused-ring (bicyclic) bond motifs is 4. The molecule has 14 heteroatoms. The third kappa shape index (κ3) is 7.48. The van der Waals surface area contributed by atoms with Crippen LogP contribution in [0.4, 0.5) is 11.4 Å². The molecule has 12 nitrogen and oxygen atoms in total. The predicted molar refractivity (Wildman–Crippen MR) is 256 cm³/mol. The van der Waals surface area contributed by atoms with Gasteiger partial charge in [0, 0.05) is 90.3 Å². The lowest BCUT2D eigenvalue weighted by molar-refractivity contribution is 0.0687. The summed E-state index contributed by atoms with van der Waals surface area (Å²) >= 11 is 13.7. The molecule has 2 aliphatic rings. The van der Waals surface area contributed by atoms with Gasteiger partial charge in [-0.3, -0.25) is 14.5 Å². The van der Waals surface area contributed by atoms with Crippen LogP contribution < -0.4 is 14.5 Å². The summed E-state index contributed by atoms with van der Waals surface area (Å²) in [5, 5.41) is 18.9. The molecule has 0 spiro atoms. The Hall–Kier alpha value is -5.82. The molecule has 3 aromatic carbocycles. The third-order valence-electron chi connectivity index (χ3n) is 13.2. The second kappa shape index (κ2) is 17.0. The van der Waals surface area contributed by atoms with Crippen molar-refractivity contribution in [2.24, 2.45) is 7.05 Å². The van der Waals surface area contributed by atoms with Crippen molar-refractivity contribution in [3.63, 3.8) is 0 Å². The Morgan fingerprint density at radius 1 is 0.906 bits per heavy atom. The first kappa shape index (κ1) is 43.4. The summed E-state index contributed by atoms with van der Waals surface area (Å²) in [5.41, 5.74) is 11.6. The number of hydrogen-bond donors (Lipinski definition) is 1. The molecule has 4 aromatic heterocycles. The van der Waals surface area contributed by atoms with Crippen molar-refractivity contribution in [1.82, 2.24) is 28.8 Å². The van der Waals surface area contributed by atoms with Gasteiger partial charge in [0.2, 0.25) is 0 Å². The topological polar surface area (TPSA) is 114 Å². The molecular weight excluding hydrogens is 848 g/mol. The van der Waals surface area contributed by atoms with Gasteiger partial charge in [0.05, 0.1) is 46.3 Å². The Balaban J connectivity index is 1.18. The molecule has 9 rings (SSSR count). The van der Waals surface area contributed by atoms with Gasteiger partial charge in [0.25, 0.3) is 5.91 Å². The molecular formula is C50H54Cl2N8O4. The van der Waals surface area contributed by atoms with Crippen LogP contribution >= 0.6 is 23.2 Å². The van der Waals surface area contributed by atoms with Crippen LogP contribution in [0.2, 0.25) is 10.0 Å². The van der Waals surface area contributed by atoms with Crippen molar-refractivity contribution < 1.29 is 19.4 Å². The highest BCUT2D eigenvalue weighted by atomic mass is 35.5. The number of hydrogen-bond acceptors (Lipinski definition) is 7. The Morgan fingerprint density at radius 3 is 2.33 bits per heavy atom. The number of carboxylic acid groups (broad SMARTS) is 1. The fraction of sp³-hybridized carbons (Fsp3) is 0.360. The van der Waals surface area contributed by atoms with E-state index in [2.05, 4.69) is 34.4 Å². The number of likely N-dealkylation sites (N-methyl/N-ethyl adjacent to an activating group) is 1. The van der Waals surface area contributed by atoms with Crippen LogP contribution in [0, 0.1) is 34.6 Å². The van der Waals surface area contributed by atoms with Gasteiger partial charge in [-0.1, -0.05) is 40.9 Å². The number of carbonyl (C=O) groups is 2. The zero-order chi connectivity index (χ0) is 45.3. The predicted octanol–water partition coefficient (Wildman–Crippen LogP) is 9.97. The number of rotatable bonds is 11. The summed E-state index contributed by atoms with van der Waals surface area (Å²) in [6.45, 7) is 16.6. The quantitative estimate of drug-likeness (QED) is 0.128. The number of carbonyl (C=O) groups excluding carboxylic acids is 1. The van der Waals surface area contributed by atoms with E-state index < -0.39 is 5.97 Å². The number of carboxylic acids is 1.